The van der Waals surface area contributed by atoms with Crippen molar-refractivity contribution in [2.75, 3.05) is 0 Å². The highest BCUT2D eigenvalue weighted by molar-refractivity contribution is 9.10. The van der Waals surface area contributed by atoms with Crippen molar-refractivity contribution >= 4 is 27.1 Å². The SMILES string of the molecule is [O-][S+](c1ccccc1Br)C1CC1. The van der Waals surface area contributed by atoms with Crippen LogP contribution in [0, 0.1) is 0 Å². The van der Waals surface area contributed by atoms with E-state index >= 15 is 0 Å². The average Bonchev–Trinajstić information content (AvgIpc) is 2.86. The molecule has 0 heterocycles. The maximum Gasteiger partial charge on any atom is 0.167 e. The molecule has 0 amide bonds. The summed E-state index contributed by atoms with van der Waals surface area (Å²) in [6.45, 7) is 0. The van der Waals surface area contributed by atoms with Crippen LogP contribution in [0.5, 0.6) is 0 Å². The summed E-state index contributed by atoms with van der Waals surface area (Å²) in [7, 11) is 0. The minimum absolute atomic E-state index is 0.420. The second-order valence-electron chi connectivity index (χ2n) is 2.93. The van der Waals surface area contributed by atoms with Gasteiger partial charge in [0, 0.05) is 12.8 Å². The van der Waals surface area contributed by atoms with Gasteiger partial charge < -0.3 is 4.55 Å². The largest absolute Gasteiger partial charge is 0.611 e. The molecule has 0 radical (unpaired) electrons. The van der Waals surface area contributed by atoms with E-state index in [1.807, 2.05) is 24.3 Å². The molecule has 0 aliphatic heterocycles. The summed E-state index contributed by atoms with van der Waals surface area (Å²) in [5.74, 6) is 0. The van der Waals surface area contributed by atoms with Crippen molar-refractivity contribution in [1.82, 2.24) is 0 Å². The van der Waals surface area contributed by atoms with E-state index in [0.717, 1.165) is 22.2 Å². The predicted octanol–water partition coefficient (Wildman–Crippen LogP) is 2.72. The second kappa shape index (κ2) is 3.40. The lowest BCUT2D eigenvalue weighted by molar-refractivity contribution is 0.593. The van der Waals surface area contributed by atoms with Crippen LogP contribution in [0.1, 0.15) is 12.8 Å². The normalized spacial score (nSPS) is 19.2. The van der Waals surface area contributed by atoms with Gasteiger partial charge in [0.2, 0.25) is 0 Å². The van der Waals surface area contributed by atoms with E-state index in [-0.39, 0.29) is 0 Å². The molecule has 1 atom stereocenters. The molecule has 1 fully saturated rings. The van der Waals surface area contributed by atoms with Crippen LogP contribution < -0.4 is 0 Å². The Hall–Kier alpha value is 0.01000. The Morgan fingerprint density at radius 3 is 2.58 bits per heavy atom. The summed E-state index contributed by atoms with van der Waals surface area (Å²) in [6, 6.07) is 7.74. The zero-order valence-corrected chi connectivity index (χ0v) is 8.90. The molecule has 2 rings (SSSR count). The van der Waals surface area contributed by atoms with Crippen LogP contribution in [-0.2, 0) is 11.2 Å². The van der Waals surface area contributed by atoms with Crippen molar-refractivity contribution < 1.29 is 4.55 Å². The predicted molar refractivity (Wildman–Crippen MR) is 53.6 cm³/mol. The summed E-state index contributed by atoms with van der Waals surface area (Å²) in [6.07, 6.45) is 2.24. The molecule has 0 bridgehead atoms. The van der Waals surface area contributed by atoms with Gasteiger partial charge in [0.15, 0.2) is 4.90 Å². The Balaban J connectivity index is 2.25. The van der Waals surface area contributed by atoms with Crippen molar-refractivity contribution in [2.24, 2.45) is 0 Å². The highest BCUT2D eigenvalue weighted by Gasteiger charge is 2.36. The summed E-state index contributed by atoms with van der Waals surface area (Å²) in [5, 5.41) is 0.420. The number of benzene rings is 1. The van der Waals surface area contributed by atoms with Gasteiger partial charge in [0.25, 0.3) is 0 Å². The van der Waals surface area contributed by atoms with Crippen molar-refractivity contribution in [1.29, 1.82) is 0 Å². The van der Waals surface area contributed by atoms with Crippen LogP contribution in [0.15, 0.2) is 33.6 Å². The van der Waals surface area contributed by atoms with Crippen molar-refractivity contribution in [3.8, 4) is 0 Å². The van der Waals surface area contributed by atoms with Gasteiger partial charge in [-0.05, 0) is 39.2 Å². The monoisotopic (exact) mass is 244 g/mol. The lowest BCUT2D eigenvalue weighted by Crippen LogP contribution is -2.07. The molecule has 12 heavy (non-hydrogen) atoms. The fourth-order valence-corrected chi connectivity index (χ4v) is 3.23. The van der Waals surface area contributed by atoms with Crippen LogP contribution in [0.2, 0.25) is 0 Å². The highest BCUT2D eigenvalue weighted by atomic mass is 79.9. The van der Waals surface area contributed by atoms with Crippen LogP contribution >= 0.6 is 15.9 Å². The smallest absolute Gasteiger partial charge is 0.167 e. The molecule has 1 aliphatic carbocycles. The van der Waals surface area contributed by atoms with Gasteiger partial charge >= 0.3 is 0 Å². The van der Waals surface area contributed by atoms with E-state index in [1.165, 1.54) is 0 Å². The summed E-state index contributed by atoms with van der Waals surface area (Å²) in [4.78, 5) is 0.944. The van der Waals surface area contributed by atoms with E-state index in [0.29, 0.717) is 5.25 Å². The molecule has 3 heteroatoms. The Morgan fingerprint density at radius 1 is 1.33 bits per heavy atom. The molecule has 1 saturated carbocycles. The molecule has 0 spiro atoms. The third kappa shape index (κ3) is 1.68. The Morgan fingerprint density at radius 2 is 2.00 bits per heavy atom. The van der Waals surface area contributed by atoms with E-state index in [4.69, 9.17) is 0 Å². The topological polar surface area (TPSA) is 23.1 Å². The maximum absolute atomic E-state index is 11.7. The first-order chi connectivity index (χ1) is 5.79. The van der Waals surface area contributed by atoms with Crippen molar-refractivity contribution in [3.63, 3.8) is 0 Å². The molecular weight excluding hydrogens is 236 g/mol. The van der Waals surface area contributed by atoms with Crippen LogP contribution in [0.4, 0.5) is 0 Å². The van der Waals surface area contributed by atoms with Crippen molar-refractivity contribution in [2.45, 2.75) is 23.0 Å². The molecule has 0 N–H and O–H groups in total. The standard InChI is InChI=1S/C9H9BrOS/c10-8-3-1-2-4-9(8)12(11)7-5-6-7/h1-4,7H,5-6H2. The number of halogens is 1. The molecular formula is C9H9BrOS. The third-order valence-corrected chi connectivity index (χ3v) is 4.70. The molecule has 1 aromatic rings. The van der Waals surface area contributed by atoms with Gasteiger partial charge in [0.05, 0.1) is 4.47 Å². The quantitative estimate of drug-likeness (QED) is 0.734. The van der Waals surface area contributed by atoms with Gasteiger partial charge in [-0.25, -0.2) is 0 Å². The van der Waals surface area contributed by atoms with Gasteiger partial charge in [-0.1, -0.05) is 12.1 Å². The number of rotatable bonds is 2. The third-order valence-electron chi connectivity index (χ3n) is 1.88. The zero-order chi connectivity index (χ0) is 8.55. The van der Waals surface area contributed by atoms with Crippen LogP contribution in [0.3, 0.4) is 0 Å². The Labute approximate surface area is 83.5 Å². The highest BCUT2D eigenvalue weighted by Crippen LogP contribution is 2.36. The van der Waals surface area contributed by atoms with E-state index in [9.17, 15) is 4.55 Å². The van der Waals surface area contributed by atoms with E-state index in [2.05, 4.69) is 15.9 Å². The average molecular weight is 245 g/mol. The first-order valence-electron chi connectivity index (χ1n) is 3.94. The molecule has 0 saturated heterocycles. The summed E-state index contributed by atoms with van der Waals surface area (Å²) < 4.78 is 12.7. The van der Waals surface area contributed by atoms with Crippen molar-refractivity contribution in [3.05, 3.63) is 28.7 Å². The molecule has 1 nitrogen and oxygen atoms in total. The van der Waals surface area contributed by atoms with Gasteiger partial charge in [0.1, 0.15) is 5.25 Å². The summed E-state index contributed by atoms with van der Waals surface area (Å²) in [5.41, 5.74) is 0. The lowest BCUT2D eigenvalue weighted by Gasteiger charge is -2.09. The molecule has 64 valence electrons. The fraction of sp³-hybridized carbons (Fsp3) is 0.333. The van der Waals surface area contributed by atoms with Crippen LogP contribution in [0.25, 0.3) is 0 Å². The second-order valence-corrected chi connectivity index (χ2v) is 5.48. The molecule has 1 aliphatic rings. The Bertz CT molecular complexity index is 286. The van der Waals surface area contributed by atoms with Gasteiger partial charge in [-0.15, -0.1) is 0 Å². The Kier molecular flexibility index (Phi) is 2.44. The molecule has 1 aromatic carbocycles. The van der Waals surface area contributed by atoms with Gasteiger partial charge in [-0.2, -0.15) is 0 Å². The maximum atomic E-state index is 11.7. The fourth-order valence-electron chi connectivity index (χ4n) is 1.07. The first kappa shape index (κ1) is 8.60. The van der Waals surface area contributed by atoms with Crippen LogP contribution in [-0.4, -0.2) is 9.80 Å². The first-order valence-corrected chi connectivity index (χ1v) is 5.95. The summed E-state index contributed by atoms with van der Waals surface area (Å²) >= 11 is 2.62. The van der Waals surface area contributed by atoms with Gasteiger partial charge in [-0.3, -0.25) is 0 Å². The number of hydrogen-bond donors (Lipinski definition) is 0. The molecule has 1 unspecified atom stereocenters. The minimum atomic E-state index is -0.782. The van der Waals surface area contributed by atoms with E-state index < -0.39 is 11.2 Å². The number of hydrogen-bond acceptors (Lipinski definition) is 1. The van der Waals surface area contributed by atoms with E-state index in [1.54, 1.807) is 0 Å². The molecule has 0 aromatic heterocycles. The lowest BCUT2D eigenvalue weighted by atomic mass is 10.4. The zero-order valence-electron chi connectivity index (χ0n) is 6.50. The minimum Gasteiger partial charge on any atom is -0.611 e.